The summed E-state index contributed by atoms with van der Waals surface area (Å²) in [7, 11) is 0. The van der Waals surface area contributed by atoms with E-state index in [9.17, 15) is 0 Å². The lowest BCUT2D eigenvalue weighted by atomic mass is 10.1. The van der Waals surface area contributed by atoms with E-state index in [1.165, 1.54) is 16.3 Å². The van der Waals surface area contributed by atoms with Crippen LogP contribution in [0.3, 0.4) is 0 Å². The molecule has 21 heavy (non-hydrogen) atoms. The first-order valence-electron chi connectivity index (χ1n) is 7.70. The Balaban J connectivity index is 0.000000774. The number of nitrogens with one attached hydrogen (secondary N) is 1. The third-order valence-electron chi connectivity index (χ3n) is 3.43. The molecule has 0 fully saturated rings. The average molecular weight is 277 g/mol. The first-order valence-corrected chi connectivity index (χ1v) is 7.70. The van der Waals surface area contributed by atoms with E-state index >= 15 is 0 Å². The minimum absolute atomic E-state index is 1.08. The zero-order valence-electron chi connectivity index (χ0n) is 13.1. The number of aryl methyl sites for hydroxylation is 1. The molecule has 0 heterocycles. The Kier molecular flexibility index (Phi) is 5.39. The molecule has 1 nitrogen and oxygen atoms in total. The van der Waals surface area contributed by atoms with Crippen molar-refractivity contribution in [1.82, 2.24) is 0 Å². The van der Waals surface area contributed by atoms with Crippen LogP contribution in [0, 0.1) is 0 Å². The van der Waals surface area contributed by atoms with E-state index in [1.54, 1.807) is 0 Å². The molecule has 1 N–H and O–H groups in total. The third kappa shape index (κ3) is 3.63. The van der Waals surface area contributed by atoms with E-state index in [0.717, 1.165) is 17.8 Å². The number of anilines is 2. The van der Waals surface area contributed by atoms with Crippen molar-refractivity contribution in [3.8, 4) is 0 Å². The Bertz CT molecular complexity index is 678. The fraction of sp³-hybridized carbons (Fsp3) is 0.200. The lowest BCUT2D eigenvalue weighted by molar-refractivity contribution is 1.14. The SMILES string of the molecule is CC.CCc1ccc(Nc2cccc3ccccc23)cc1. The van der Waals surface area contributed by atoms with Gasteiger partial charge in [-0.05, 0) is 35.6 Å². The largest absolute Gasteiger partial charge is 0.355 e. The van der Waals surface area contributed by atoms with Gasteiger partial charge in [-0.15, -0.1) is 0 Å². The minimum Gasteiger partial charge on any atom is -0.355 e. The fourth-order valence-electron chi connectivity index (χ4n) is 2.31. The van der Waals surface area contributed by atoms with E-state index in [1.807, 2.05) is 13.8 Å². The summed E-state index contributed by atoms with van der Waals surface area (Å²) in [6, 6.07) is 23.4. The Morgan fingerprint density at radius 2 is 1.43 bits per heavy atom. The van der Waals surface area contributed by atoms with Gasteiger partial charge in [-0.25, -0.2) is 0 Å². The van der Waals surface area contributed by atoms with Gasteiger partial charge in [-0.2, -0.15) is 0 Å². The lowest BCUT2D eigenvalue weighted by Crippen LogP contribution is -1.91. The van der Waals surface area contributed by atoms with Gasteiger partial charge in [-0.1, -0.05) is 69.3 Å². The van der Waals surface area contributed by atoms with Gasteiger partial charge in [-0.3, -0.25) is 0 Å². The average Bonchev–Trinajstić information content (AvgIpc) is 2.58. The van der Waals surface area contributed by atoms with Crippen LogP contribution in [0.25, 0.3) is 10.8 Å². The molecule has 0 unspecified atom stereocenters. The highest BCUT2D eigenvalue weighted by atomic mass is 14.9. The van der Waals surface area contributed by atoms with Crippen molar-refractivity contribution >= 4 is 22.1 Å². The quantitative estimate of drug-likeness (QED) is 0.603. The maximum absolute atomic E-state index is 3.50. The van der Waals surface area contributed by atoms with Crippen LogP contribution >= 0.6 is 0 Å². The molecule has 0 saturated heterocycles. The molecule has 3 aromatic carbocycles. The van der Waals surface area contributed by atoms with Gasteiger partial charge in [0.15, 0.2) is 0 Å². The van der Waals surface area contributed by atoms with Crippen molar-refractivity contribution in [2.75, 3.05) is 5.32 Å². The van der Waals surface area contributed by atoms with Crippen LogP contribution in [0.4, 0.5) is 11.4 Å². The van der Waals surface area contributed by atoms with Gasteiger partial charge >= 0.3 is 0 Å². The van der Waals surface area contributed by atoms with Gasteiger partial charge in [0.2, 0.25) is 0 Å². The monoisotopic (exact) mass is 277 g/mol. The Morgan fingerprint density at radius 3 is 2.14 bits per heavy atom. The standard InChI is InChI=1S/C18H17N.C2H6/c1-2-14-10-12-16(13-11-14)19-18-9-5-7-15-6-3-4-8-17(15)18;1-2/h3-13,19H,2H2,1H3;1-2H3. The summed E-state index contributed by atoms with van der Waals surface area (Å²) >= 11 is 0. The zero-order chi connectivity index (χ0) is 15.1. The molecular formula is C20H23N. The van der Waals surface area contributed by atoms with Crippen LogP contribution in [-0.2, 0) is 6.42 Å². The highest BCUT2D eigenvalue weighted by molar-refractivity contribution is 5.95. The van der Waals surface area contributed by atoms with Crippen LogP contribution in [0.15, 0.2) is 66.7 Å². The Hall–Kier alpha value is -2.28. The van der Waals surface area contributed by atoms with Gasteiger partial charge in [0.1, 0.15) is 0 Å². The molecule has 0 radical (unpaired) electrons. The van der Waals surface area contributed by atoms with Crippen molar-refractivity contribution in [1.29, 1.82) is 0 Å². The minimum atomic E-state index is 1.08. The summed E-state index contributed by atoms with van der Waals surface area (Å²) in [4.78, 5) is 0. The van der Waals surface area contributed by atoms with Crippen molar-refractivity contribution < 1.29 is 0 Å². The maximum Gasteiger partial charge on any atom is 0.0463 e. The normalized spacial score (nSPS) is 9.86. The van der Waals surface area contributed by atoms with Gasteiger partial charge in [0.25, 0.3) is 0 Å². The zero-order valence-corrected chi connectivity index (χ0v) is 13.1. The summed E-state index contributed by atoms with van der Waals surface area (Å²) in [6.45, 7) is 6.17. The highest BCUT2D eigenvalue weighted by Gasteiger charge is 2.00. The van der Waals surface area contributed by atoms with Crippen molar-refractivity contribution in [2.24, 2.45) is 0 Å². The van der Waals surface area contributed by atoms with Crippen LogP contribution in [0.2, 0.25) is 0 Å². The van der Waals surface area contributed by atoms with E-state index in [-0.39, 0.29) is 0 Å². The van der Waals surface area contributed by atoms with Crippen LogP contribution < -0.4 is 5.32 Å². The van der Waals surface area contributed by atoms with E-state index in [0.29, 0.717) is 0 Å². The molecule has 0 aliphatic rings. The molecular weight excluding hydrogens is 254 g/mol. The molecule has 0 aromatic heterocycles. The molecule has 3 rings (SSSR count). The molecule has 0 bridgehead atoms. The van der Waals surface area contributed by atoms with Gasteiger partial charge in [0, 0.05) is 16.8 Å². The second kappa shape index (κ2) is 7.49. The third-order valence-corrected chi connectivity index (χ3v) is 3.43. The Labute approximate surface area is 127 Å². The summed E-state index contributed by atoms with van der Waals surface area (Å²) in [5.74, 6) is 0. The van der Waals surface area contributed by atoms with Gasteiger partial charge in [0.05, 0.1) is 0 Å². The van der Waals surface area contributed by atoms with Crippen molar-refractivity contribution in [2.45, 2.75) is 27.2 Å². The van der Waals surface area contributed by atoms with E-state index in [2.05, 4.69) is 79.0 Å². The van der Waals surface area contributed by atoms with Crippen LogP contribution in [0.5, 0.6) is 0 Å². The second-order valence-electron chi connectivity index (χ2n) is 4.70. The van der Waals surface area contributed by atoms with Crippen LogP contribution in [0.1, 0.15) is 26.3 Å². The first kappa shape index (κ1) is 15.1. The van der Waals surface area contributed by atoms with Crippen molar-refractivity contribution in [3.05, 3.63) is 72.3 Å². The molecule has 0 amide bonds. The number of fused-ring (bicyclic) bond motifs is 1. The van der Waals surface area contributed by atoms with E-state index < -0.39 is 0 Å². The topological polar surface area (TPSA) is 12.0 Å². The van der Waals surface area contributed by atoms with Crippen LogP contribution in [-0.4, -0.2) is 0 Å². The molecule has 0 spiro atoms. The second-order valence-corrected chi connectivity index (χ2v) is 4.70. The molecule has 0 aliphatic heterocycles. The number of rotatable bonds is 3. The molecule has 0 saturated carbocycles. The Morgan fingerprint density at radius 1 is 0.762 bits per heavy atom. The molecule has 1 heteroatoms. The number of benzene rings is 3. The van der Waals surface area contributed by atoms with E-state index in [4.69, 9.17) is 0 Å². The van der Waals surface area contributed by atoms with Crippen molar-refractivity contribution in [3.63, 3.8) is 0 Å². The summed E-state index contributed by atoms with van der Waals surface area (Å²) in [5, 5.41) is 6.01. The summed E-state index contributed by atoms with van der Waals surface area (Å²) in [5.41, 5.74) is 3.65. The fourth-order valence-corrected chi connectivity index (χ4v) is 2.31. The predicted molar refractivity (Wildman–Crippen MR) is 94.4 cm³/mol. The molecule has 0 aliphatic carbocycles. The molecule has 0 atom stereocenters. The smallest absolute Gasteiger partial charge is 0.0463 e. The first-order chi connectivity index (χ1) is 10.4. The highest BCUT2D eigenvalue weighted by Crippen LogP contribution is 2.26. The summed E-state index contributed by atoms with van der Waals surface area (Å²) in [6.07, 6.45) is 1.08. The number of hydrogen-bond acceptors (Lipinski definition) is 1. The summed E-state index contributed by atoms with van der Waals surface area (Å²) < 4.78 is 0. The lowest BCUT2D eigenvalue weighted by Gasteiger charge is -2.10. The number of hydrogen-bond donors (Lipinski definition) is 1. The molecule has 108 valence electrons. The maximum atomic E-state index is 3.50. The molecule has 3 aromatic rings. The predicted octanol–water partition coefficient (Wildman–Crippen LogP) is 6.17. The van der Waals surface area contributed by atoms with Gasteiger partial charge < -0.3 is 5.32 Å².